The number of hydrogen-bond acceptors (Lipinski definition) is 3. The number of thiazole rings is 1. The first-order valence-electron chi connectivity index (χ1n) is 6.20. The van der Waals surface area contributed by atoms with E-state index in [4.69, 9.17) is 0 Å². The van der Waals surface area contributed by atoms with E-state index in [0.717, 1.165) is 22.0 Å². The van der Waals surface area contributed by atoms with Gasteiger partial charge in [-0.3, -0.25) is 4.79 Å². The van der Waals surface area contributed by atoms with Gasteiger partial charge in [0, 0.05) is 22.0 Å². The Balaban J connectivity index is 2.13. The molecule has 0 bridgehead atoms. The molecule has 0 spiro atoms. The van der Waals surface area contributed by atoms with Crippen molar-refractivity contribution < 1.29 is 4.79 Å². The number of anilines is 1. The summed E-state index contributed by atoms with van der Waals surface area (Å²) in [5.41, 5.74) is 2.48. The number of carbonyl (C=O) groups is 1. The Bertz CT molecular complexity index is 579. The van der Waals surface area contributed by atoms with Gasteiger partial charge in [0.2, 0.25) is 5.91 Å². The first-order chi connectivity index (χ1) is 8.86. The van der Waals surface area contributed by atoms with Crippen LogP contribution in [-0.4, -0.2) is 10.9 Å². The zero-order valence-electron chi connectivity index (χ0n) is 11.7. The molecule has 0 aliphatic carbocycles. The second-order valence-corrected chi connectivity index (χ2v) is 6.60. The van der Waals surface area contributed by atoms with Crippen molar-refractivity contribution in [2.75, 3.05) is 5.32 Å². The van der Waals surface area contributed by atoms with Crippen LogP contribution in [0.2, 0.25) is 0 Å². The van der Waals surface area contributed by atoms with E-state index < -0.39 is 0 Å². The normalized spacial score (nSPS) is 11.4. The van der Waals surface area contributed by atoms with E-state index in [1.807, 2.05) is 57.3 Å². The molecule has 100 valence electrons. The second kappa shape index (κ2) is 5.13. The minimum Gasteiger partial charge on any atom is -0.326 e. The van der Waals surface area contributed by atoms with Crippen LogP contribution >= 0.6 is 11.3 Å². The van der Waals surface area contributed by atoms with Crippen molar-refractivity contribution in [1.29, 1.82) is 0 Å². The molecule has 0 aliphatic rings. The van der Waals surface area contributed by atoms with Gasteiger partial charge in [0.15, 0.2) is 0 Å². The zero-order valence-corrected chi connectivity index (χ0v) is 12.5. The average Bonchev–Trinajstić information content (AvgIpc) is 2.75. The Morgan fingerprint density at radius 3 is 2.32 bits per heavy atom. The third-order valence-corrected chi connectivity index (χ3v) is 3.51. The van der Waals surface area contributed by atoms with Crippen LogP contribution < -0.4 is 5.32 Å². The molecule has 1 N–H and O–H groups in total. The fraction of sp³-hybridized carbons (Fsp3) is 0.333. The molecule has 2 aromatic rings. The van der Waals surface area contributed by atoms with Crippen molar-refractivity contribution in [3.63, 3.8) is 0 Å². The van der Waals surface area contributed by atoms with Crippen molar-refractivity contribution in [2.24, 2.45) is 5.41 Å². The molecule has 1 heterocycles. The van der Waals surface area contributed by atoms with Crippen LogP contribution in [0.3, 0.4) is 0 Å². The van der Waals surface area contributed by atoms with Gasteiger partial charge in [-0.05, 0) is 19.1 Å². The van der Waals surface area contributed by atoms with Crippen molar-refractivity contribution in [1.82, 2.24) is 4.98 Å². The fourth-order valence-corrected chi connectivity index (χ4v) is 2.16. The molecule has 19 heavy (non-hydrogen) atoms. The van der Waals surface area contributed by atoms with Crippen LogP contribution in [0.1, 0.15) is 25.8 Å². The smallest absolute Gasteiger partial charge is 0.229 e. The first-order valence-corrected chi connectivity index (χ1v) is 7.08. The highest BCUT2D eigenvalue weighted by Gasteiger charge is 2.20. The van der Waals surface area contributed by atoms with Crippen LogP contribution in [0.5, 0.6) is 0 Å². The molecule has 0 atom stereocenters. The maximum Gasteiger partial charge on any atom is 0.229 e. The van der Waals surface area contributed by atoms with E-state index in [2.05, 4.69) is 10.3 Å². The van der Waals surface area contributed by atoms with Crippen LogP contribution in [0.25, 0.3) is 11.3 Å². The predicted molar refractivity (Wildman–Crippen MR) is 80.4 cm³/mol. The first kappa shape index (κ1) is 13.7. The number of rotatable bonds is 2. The number of nitrogens with zero attached hydrogens (tertiary/aromatic N) is 1. The highest BCUT2D eigenvalue weighted by molar-refractivity contribution is 7.09. The summed E-state index contributed by atoms with van der Waals surface area (Å²) >= 11 is 1.64. The number of hydrogen-bond donors (Lipinski definition) is 1. The molecule has 1 aromatic heterocycles. The van der Waals surface area contributed by atoms with Crippen LogP contribution in [0.15, 0.2) is 29.6 Å². The molecule has 1 amide bonds. The second-order valence-electron chi connectivity index (χ2n) is 5.53. The van der Waals surface area contributed by atoms with E-state index in [-0.39, 0.29) is 11.3 Å². The zero-order chi connectivity index (χ0) is 14.0. The number of aromatic nitrogens is 1. The number of aryl methyl sites for hydroxylation is 1. The predicted octanol–water partition coefficient (Wildman–Crippen LogP) is 4.10. The van der Waals surface area contributed by atoms with Crippen molar-refractivity contribution in [3.8, 4) is 11.3 Å². The van der Waals surface area contributed by atoms with Gasteiger partial charge >= 0.3 is 0 Å². The average molecular weight is 274 g/mol. The minimum atomic E-state index is -0.384. The van der Waals surface area contributed by atoms with Gasteiger partial charge in [0.25, 0.3) is 0 Å². The van der Waals surface area contributed by atoms with Crippen LogP contribution in [0.4, 0.5) is 5.69 Å². The monoisotopic (exact) mass is 274 g/mol. The van der Waals surface area contributed by atoms with E-state index in [0.29, 0.717) is 0 Å². The van der Waals surface area contributed by atoms with E-state index in [9.17, 15) is 4.79 Å². The Labute approximate surface area is 117 Å². The molecule has 0 saturated carbocycles. The van der Waals surface area contributed by atoms with Crippen LogP contribution in [-0.2, 0) is 4.79 Å². The Morgan fingerprint density at radius 1 is 1.21 bits per heavy atom. The Kier molecular flexibility index (Phi) is 3.71. The SMILES string of the molecule is Cc1nc(-c2ccc(NC(=O)C(C)(C)C)cc2)cs1. The highest BCUT2D eigenvalue weighted by Crippen LogP contribution is 2.24. The molecule has 2 rings (SSSR count). The Morgan fingerprint density at radius 2 is 1.84 bits per heavy atom. The quantitative estimate of drug-likeness (QED) is 0.895. The molecule has 3 nitrogen and oxygen atoms in total. The molecule has 0 fully saturated rings. The van der Waals surface area contributed by atoms with Gasteiger partial charge in [0.1, 0.15) is 0 Å². The van der Waals surface area contributed by atoms with Gasteiger partial charge in [-0.2, -0.15) is 0 Å². The van der Waals surface area contributed by atoms with E-state index in [1.54, 1.807) is 11.3 Å². The highest BCUT2D eigenvalue weighted by atomic mass is 32.1. The number of amides is 1. The molecule has 1 aromatic carbocycles. The maximum absolute atomic E-state index is 11.9. The van der Waals surface area contributed by atoms with Gasteiger partial charge in [-0.1, -0.05) is 32.9 Å². The minimum absolute atomic E-state index is 0.0183. The molecule has 0 aliphatic heterocycles. The van der Waals surface area contributed by atoms with Crippen molar-refractivity contribution in [2.45, 2.75) is 27.7 Å². The summed E-state index contributed by atoms with van der Waals surface area (Å²) in [5.74, 6) is 0.0183. The largest absolute Gasteiger partial charge is 0.326 e. The summed E-state index contributed by atoms with van der Waals surface area (Å²) in [6.07, 6.45) is 0. The van der Waals surface area contributed by atoms with Crippen molar-refractivity contribution in [3.05, 3.63) is 34.7 Å². The molecule has 4 heteroatoms. The van der Waals surface area contributed by atoms with Gasteiger partial charge < -0.3 is 5.32 Å². The summed E-state index contributed by atoms with van der Waals surface area (Å²) in [4.78, 5) is 16.3. The van der Waals surface area contributed by atoms with Gasteiger partial charge in [0.05, 0.1) is 10.7 Å². The lowest BCUT2D eigenvalue weighted by atomic mass is 9.95. The molecular formula is C15H18N2OS. The summed E-state index contributed by atoms with van der Waals surface area (Å²) in [6.45, 7) is 7.68. The summed E-state index contributed by atoms with van der Waals surface area (Å²) in [6, 6.07) is 7.78. The van der Waals surface area contributed by atoms with Gasteiger partial charge in [-0.15, -0.1) is 11.3 Å². The maximum atomic E-state index is 11.9. The van der Waals surface area contributed by atoms with Gasteiger partial charge in [-0.25, -0.2) is 4.98 Å². The summed E-state index contributed by atoms with van der Waals surface area (Å²) < 4.78 is 0. The molecule has 0 unspecified atom stereocenters. The molecular weight excluding hydrogens is 256 g/mol. The lowest BCUT2D eigenvalue weighted by molar-refractivity contribution is -0.123. The van der Waals surface area contributed by atoms with E-state index in [1.165, 1.54) is 0 Å². The van der Waals surface area contributed by atoms with Crippen LogP contribution in [0, 0.1) is 12.3 Å². The fourth-order valence-electron chi connectivity index (χ4n) is 1.54. The third kappa shape index (κ3) is 3.41. The number of benzene rings is 1. The topological polar surface area (TPSA) is 42.0 Å². The standard InChI is InChI=1S/C15H18N2OS/c1-10-16-13(9-19-10)11-5-7-12(8-6-11)17-14(18)15(2,3)4/h5-9H,1-4H3,(H,17,18). The number of nitrogens with one attached hydrogen (secondary N) is 1. The number of carbonyl (C=O) groups excluding carboxylic acids is 1. The summed E-state index contributed by atoms with van der Waals surface area (Å²) in [7, 11) is 0. The Hall–Kier alpha value is -1.68. The lowest BCUT2D eigenvalue weighted by Gasteiger charge is -2.17. The molecule has 0 saturated heterocycles. The van der Waals surface area contributed by atoms with Crippen molar-refractivity contribution >= 4 is 22.9 Å². The molecule has 0 radical (unpaired) electrons. The van der Waals surface area contributed by atoms with E-state index >= 15 is 0 Å². The lowest BCUT2D eigenvalue weighted by Crippen LogP contribution is -2.27. The third-order valence-electron chi connectivity index (χ3n) is 2.74. The summed E-state index contributed by atoms with van der Waals surface area (Å²) in [5, 5.41) is 6.00.